The van der Waals surface area contributed by atoms with Crippen molar-refractivity contribution in [1.29, 1.82) is 0 Å². The number of rotatable bonds is 19. The van der Waals surface area contributed by atoms with Crippen LogP contribution in [0.2, 0.25) is 0 Å². The minimum atomic E-state index is -0.507. The maximum Gasteiger partial charge on any atom is 0.307 e. The van der Waals surface area contributed by atoms with Gasteiger partial charge >= 0.3 is 11.9 Å². The van der Waals surface area contributed by atoms with Gasteiger partial charge in [-0.25, -0.2) is 0 Å². The number of hydrogen-bond acceptors (Lipinski definition) is 12. The molecule has 2 aliphatic heterocycles. The molecule has 64 heavy (non-hydrogen) atoms. The Labute approximate surface area is 381 Å². The number of aromatic nitrogens is 4. The van der Waals surface area contributed by atoms with Crippen LogP contribution >= 0.6 is 0 Å². The molecule has 2 aromatic heterocycles. The largest absolute Gasteiger partial charge is 0.469 e. The lowest BCUT2D eigenvalue weighted by atomic mass is 9.84. The van der Waals surface area contributed by atoms with E-state index in [4.69, 9.17) is 23.5 Å². The highest BCUT2D eigenvalue weighted by Crippen LogP contribution is 2.39. The van der Waals surface area contributed by atoms with Gasteiger partial charge < -0.3 is 23.8 Å². The zero-order valence-corrected chi connectivity index (χ0v) is 39.1. The molecule has 4 fully saturated rings. The van der Waals surface area contributed by atoms with E-state index < -0.39 is 5.60 Å². The molecule has 2 saturated carbocycles. The first-order valence-electron chi connectivity index (χ1n) is 24.6. The summed E-state index contributed by atoms with van der Waals surface area (Å²) in [5, 5.41) is 11.7. The monoisotopic (exact) mass is 879 g/mol. The average Bonchev–Trinajstić information content (AvgIpc) is 3.95. The van der Waals surface area contributed by atoms with Crippen LogP contribution in [-0.2, 0) is 19.1 Å². The van der Waals surface area contributed by atoms with Gasteiger partial charge in [0.2, 0.25) is 11.8 Å². The number of ether oxygens (including phenoxy) is 2. The first-order chi connectivity index (χ1) is 31.1. The molecule has 0 radical (unpaired) electrons. The van der Waals surface area contributed by atoms with E-state index in [1.54, 1.807) is 0 Å². The maximum atomic E-state index is 12.8. The maximum absolute atomic E-state index is 12.8. The Morgan fingerprint density at radius 3 is 1.59 bits per heavy atom. The fourth-order valence-corrected chi connectivity index (χ4v) is 10.2. The summed E-state index contributed by atoms with van der Waals surface area (Å²) in [5.41, 5.74) is 2.07. The van der Waals surface area contributed by atoms with Gasteiger partial charge in [-0.1, -0.05) is 161 Å². The molecule has 0 spiro atoms. The van der Waals surface area contributed by atoms with Crippen LogP contribution in [0.1, 0.15) is 201 Å². The quantitative estimate of drug-likeness (QED) is 0.0895. The van der Waals surface area contributed by atoms with Crippen LogP contribution in [-0.4, -0.2) is 76.0 Å². The van der Waals surface area contributed by atoms with E-state index in [0.29, 0.717) is 24.1 Å². The van der Waals surface area contributed by atoms with Gasteiger partial charge in [0, 0.05) is 49.9 Å². The third-order valence-corrected chi connectivity index (χ3v) is 13.9. The highest BCUT2D eigenvalue weighted by atomic mass is 16.6. The van der Waals surface area contributed by atoms with Crippen molar-refractivity contribution in [1.82, 2.24) is 30.5 Å². The summed E-state index contributed by atoms with van der Waals surface area (Å²) in [7, 11) is 1.43. The Balaban J connectivity index is 0.000000217. The van der Waals surface area contributed by atoms with Crippen molar-refractivity contribution in [3.05, 3.63) is 95.2 Å². The second kappa shape index (κ2) is 23.7. The predicted octanol–water partition coefficient (Wildman–Crippen LogP) is 11.0. The molecular formula is C52H74N6O6. The van der Waals surface area contributed by atoms with Gasteiger partial charge in [-0.05, 0) is 56.6 Å². The number of methoxy groups -OCH3 is 1. The van der Waals surface area contributed by atoms with Crippen LogP contribution < -0.4 is 5.32 Å². The molecule has 12 nitrogen and oxygen atoms in total. The first-order valence-corrected chi connectivity index (χ1v) is 24.6. The summed E-state index contributed by atoms with van der Waals surface area (Å²) in [4.78, 5) is 36.4. The van der Waals surface area contributed by atoms with Crippen LogP contribution in [0.25, 0.3) is 0 Å². The number of nitrogens with one attached hydrogen (secondary N) is 1. The number of nitrogens with zero attached hydrogens (tertiary/aromatic N) is 5. The Bertz CT molecular complexity index is 1940. The summed E-state index contributed by atoms with van der Waals surface area (Å²) in [6.07, 6.45) is 20.6. The molecule has 2 aliphatic carbocycles. The molecule has 348 valence electrons. The van der Waals surface area contributed by atoms with E-state index in [1.807, 2.05) is 20.8 Å². The molecule has 0 bridgehead atoms. The van der Waals surface area contributed by atoms with Crippen molar-refractivity contribution in [2.24, 2.45) is 11.8 Å². The van der Waals surface area contributed by atoms with Gasteiger partial charge in [-0.3, -0.25) is 14.5 Å². The lowest BCUT2D eigenvalue weighted by molar-refractivity contribution is -0.155. The Hall–Kier alpha value is -4.42. The molecule has 0 unspecified atom stereocenters. The summed E-state index contributed by atoms with van der Waals surface area (Å²) >= 11 is 0. The fraction of sp³-hybridized carbons (Fsp3) is 0.654. The molecule has 0 amide bonds. The Kier molecular flexibility index (Phi) is 17.6. The minimum absolute atomic E-state index is 0.0182. The third-order valence-electron chi connectivity index (χ3n) is 13.9. The summed E-state index contributed by atoms with van der Waals surface area (Å²) in [5.74, 6) is 4.44. The lowest BCUT2D eigenvalue weighted by Gasteiger charge is -2.43. The van der Waals surface area contributed by atoms with Crippen molar-refractivity contribution >= 4 is 11.9 Å². The van der Waals surface area contributed by atoms with Crippen molar-refractivity contribution in [3.8, 4) is 0 Å². The second-order valence-electron chi connectivity index (χ2n) is 20.0. The van der Waals surface area contributed by atoms with E-state index in [-0.39, 0.29) is 42.2 Å². The third kappa shape index (κ3) is 14.0. The summed E-state index contributed by atoms with van der Waals surface area (Å²) in [6.45, 7) is 9.28. The number of carbonyl (C=O) groups excluding carboxylic acids is 2. The molecular weight excluding hydrogens is 805 g/mol. The van der Waals surface area contributed by atoms with E-state index in [2.05, 4.69) is 86.2 Å². The van der Waals surface area contributed by atoms with Gasteiger partial charge in [-0.15, -0.1) is 0 Å². The van der Waals surface area contributed by atoms with Crippen molar-refractivity contribution in [3.63, 3.8) is 0 Å². The Morgan fingerprint density at radius 1 is 0.688 bits per heavy atom. The number of carbonyl (C=O) groups is 2. The molecule has 4 aromatic rings. The highest BCUT2D eigenvalue weighted by molar-refractivity contribution is 5.71. The molecule has 1 N–H and O–H groups in total. The topological polar surface area (TPSA) is 146 Å². The smallest absolute Gasteiger partial charge is 0.307 e. The Morgan fingerprint density at radius 2 is 1.16 bits per heavy atom. The lowest BCUT2D eigenvalue weighted by Crippen LogP contribution is -2.47. The van der Waals surface area contributed by atoms with E-state index in [9.17, 15) is 9.59 Å². The van der Waals surface area contributed by atoms with Crippen molar-refractivity contribution in [2.75, 3.05) is 33.3 Å². The average molecular weight is 879 g/mol. The number of likely N-dealkylation sites (tertiary alicyclic amines) is 1. The van der Waals surface area contributed by atoms with Crippen LogP contribution in [0.3, 0.4) is 0 Å². The van der Waals surface area contributed by atoms with Crippen LogP contribution in [0.4, 0.5) is 0 Å². The SMILES string of the molecule is CC(C)(C)OC(=O)C[C@@H](CCCC1CCCCC1)c1nc(C2CN(C(c3ccccc3)c3ccccc3)C2)no1.COC(=O)C[C@@H](CCCC1CCCCC1)c1nc(C2CNC2)no1. The predicted molar refractivity (Wildman–Crippen MR) is 247 cm³/mol. The molecule has 8 rings (SSSR count). The van der Waals surface area contributed by atoms with Crippen LogP contribution in [0.15, 0.2) is 69.7 Å². The van der Waals surface area contributed by atoms with E-state index in [1.165, 1.54) is 95.3 Å². The van der Waals surface area contributed by atoms with Gasteiger partial charge in [0.1, 0.15) is 5.60 Å². The highest BCUT2D eigenvalue weighted by Gasteiger charge is 2.38. The van der Waals surface area contributed by atoms with Gasteiger partial charge in [0.15, 0.2) is 11.6 Å². The molecule has 2 atom stereocenters. The minimum Gasteiger partial charge on any atom is -0.469 e. The standard InChI is InChI=1S/C34H45N3O3.C18H29N3O3/c1-34(2,3)39-30(38)22-28(21-13-16-25-14-7-4-8-15-25)33-35-32(36-40-33)29-23-37(24-29)31(26-17-9-5-10-18-26)27-19-11-6-12-20-27;1-23-16(22)10-14(9-5-8-13-6-3-2-4-7-13)18-20-17(21-24-18)15-11-19-12-15/h5-6,9-12,17-20,25,28-29,31H,4,7-8,13-16,21-24H2,1-3H3;13-15,19H,2-12H2,1H3/t28-;14-/m11/s1. The molecule has 2 saturated heterocycles. The van der Waals surface area contributed by atoms with Gasteiger partial charge in [0.25, 0.3) is 0 Å². The van der Waals surface area contributed by atoms with Crippen molar-refractivity contribution < 1.29 is 28.1 Å². The van der Waals surface area contributed by atoms with Gasteiger partial charge in [0.05, 0.1) is 26.0 Å². The van der Waals surface area contributed by atoms with E-state index >= 15 is 0 Å². The summed E-state index contributed by atoms with van der Waals surface area (Å²) < 4.78 is 21.8. The summed E-state index contributed by atoms with van der Waals surface area (Å²) in [6, 6.07) is 21.5. The van der Waals surface area contributed by atoms with Crippen molar-refractivity contribution in [2.45, 2.75) is 172 Å². The molecule has 4 aliphatic rings. The second-order valence-corrected chi connectivity index (χ2v) is 20.0. The first kappa shape index (κ1) is 47.5. The zero-order valence-electron chi connectivity index (χ0n) is 39.1. The molecule has 12 heteroatoms. The molecule has 4 heterocycles. The molecule has 2 aromatic carbocycles. The van der Waals surface area contributed by atoms with Gasteiger partial charge in [-0.2, -0.15) is 9.97 Å². The van der Waals surface area contributed by atoms with Crippen LogP contribution in [0, 0.1) is 11.8 Å². The zero-order chi connectivity index (χ0) is 44.7. The normalized spacial score (nSPS) is 19.0. The fourth-order valence-electron chi connectivity index (χ4n) is 10.2. The van der Waals surface area contributed by atoms with E-state index in [0.717, 1.165) is 75.3 Å². The van der Waals surface area contributed by atoms with Crippen LogP contribution in [0.5, 0.6) is 0 Å². The number of esters is 2. The number of benzene rings is 2. The number of hydrogen-bond donors (Lipinski definition) is 1.